The minimum atomic E-state index is -0.474. The second kappa shape index (κ2) is 6.97. The number of benzene rings is 2. The molecule has 1 amide bonds. The second-order valence-corrected chi connectivity index (χ2v) is 6.25. The van der Waals surface area contributed by atoms with Crippen molar-refractivity contribution in [2.24, 2.45) is 5.92 Å². The summed E-state index contributed by atoms with van der Waals surface area (Å²) in [5.41, 5.74) is 2.54. The van der Waals surface area contributed by atoms with E-state index in [9.17, 15) is 9.59 Å². The molecule has 0 saturated carbocycles. The molecule has 0 radical (unpaired) electrons. The third-order valence-electron chi connectivity index (χ3n) is 4.43. The van der Waals surface area contributed by atoms with Crippen LogP contribution in [-0.2, 0) is 9.59 Å². The maximum atomic E-state index is 12.5. The Morgan fingerprint density at radius 2 is 1.80 bits per heavy atom. The van der Waals surface area contributed by atoms with Crippen LogP contribution in [0.5, 0.6) is 11.5 Å². The first-order valence-corrected chi connectivity index (χ1v) is 8.22. The molecule has 2 aromatic rings. The molecule has 2 aromatic carbocycles. The van der Waals surface area contributed by atoms with Crippen LogP contribution in [0.1, 0.15) is 17.5 Å². The van der Waals surface area contributed by atoms with Crippen LogP contribution in [0.2, 0.25) is 0 Å². The highest BCUT2D eigenvalue weighted by Gasteiger charge is 2.36. The van der Waals surface area contributed by atoms with Gasteiger partial charge in [0, 0.05) is 24.7 Å². The third kappa shape index (κ3) is 3.50. The quantitative estimate of drug-likeness (QED) is 0.634. The van der Waals surface area contributed by atoms with Gasteiger partial charge in [-0.25, -0.2) is 0 Å². The molecule has 25 heavy (non-hydrogen) atoms. The van der Waals surface area contributed by atoms with Crippen LogP contribution in [0, 0.1) is 19.8 Å². The number of hydrogen-bond acceptors (Lipinski definition) is 4. The van der Waals surface area contributed by atoms with Crippen LogP contribution in [0.4, 0.5) is 5.69 Å². The fraction of sp³-hybridized carbons (Fsp3) is 0.300. The predicted octanol–water partition coefficient (Wildman–Crippen LogP) is 3.27. The Balaban J connectivity index is 1.74. The van der Waals surface area contributed by atoms with Crippen LogP contribution >= 0.6 is 0 Å². The summed E-state index contributed by atoms with van der Waals surface area (Å²) in [6.07, 6.45) is 0.154. The third-order valence-corrected chi connectivity index (χ3v) is 4.43. The van der Waals surface area contributed by atoms with Gasteiger partial charge in [0.1, 0.15) is 11.5 Å². The van der Waals surface area contributed by atoms with Gasteiger partial charge in [-0.3, -0.25) is 9.59 Å². The molecule has 1 fully saturated rings. The summed E-state index contributed by atoms with van der Waals surface area (Å²) in [7, 11) is 1.58. The number of carbonyl (C=O) groups excluding carboxylic acids is 2. The topological polar surface area (TPSA) is 55.8 Å². The predicted molar refractivity (Wildman–Crippen MR) is 95.0 cm³/mol. The molecule has 1 atom stereocenters. The van der Waals surface area contributed by atoms with Gasteiger partial charge in [0.15, 0.2) is 0 Å². The number of para-hydroxylation sites is 1. The molecule has 0 N–H and O–H groups in total. The Kier molecular flexibility index (Phi) is 4.74. The number of anilines is 1. The first kappa shape index (κ1) is 17.0. The van der Waals surface area contributed by atoms with E-state index in [1.165, 1.54) is 0 Å². The van der Waals surface area contributed by atoms with E-state index in [-0.39, 0.29) is 18.3 Å². The van der Waals surface area contributed by atoms with E-state index in [2.05, 4.69) is 0 Å². The number of nitrogens with zero attached hydrogens (tertiary/aromatic N) is 1. The second-order valence-electron chi connectivity index (χ2n) is 6.25. The first-order valence-electron chi connectivity index (χ1n) is 8.22. The molecule has 0 aromatic heterocycles. The van der Waals surface area contributed by atoms with Crippen molar-refractivity contribution in [3.63, 3.8) is 0 Å². The lowest BCUT2D eigenvalue weighted by molar-refractivity contribution is -0.139. The van der Waals surface area contributed by atoms with Crippen molar-refractivity contribution in [2.75, 3.05) is 18.6 Å². The van der Waals surface area contributed by atoms with Gasteiger partial charge in [-0.05, 0) is 37.1 Å². The van der Waals surface area contributed by atoms with Crippen molar-refractivity contribution in [1.29, 1.82) is 0 Å². The average Bonchev–Trinajstić information content (AvgIpc) is 3.00. The van der Waals surface area contributed by atoms with E-state index in [0.29, 0.717) is 18.0 Å². The van der Waals surface area contributed by atoms with Crippen molar-refractivity contribution < 1.29 is 19.1 Å². The molecular formula is C20H21NO4. The van der Waals surface area contributed by atoms with Crippen molar-refractivity contribution in [2.45, 2.75) is 20.3 Å². The van der Waals surface area contributed by atoms with Crippen LogP contribution < -0.4 is 14.4 Å². The van der Waals surface area contributed by atoms with Gasteiger partial charge in [0.2, 0.25) is 5.91 Å². The summed E-state index contributed by atoms with van der Waals surface area (Å²) in [5, 5.41) is 0. The van der Waals surface area contributed by atoms with Gasteiger partial charge < -0.3 is 14.4 Å². The molecule has 1 aliphatic heterocycles. The number of carbonyl (C=O) groups is 2. The van der Waals surface area contributed by atoms with Gasteiger partial charge in [0.25, 0.3) is 0 Å². The van der Waals surface area contributed by atoms with Gasteiger partial charge in [-0.2, -0.15) is 0 Å². The lowest BCUT2D eigenvalue weighted by Gasteiger charge is -2.17. The Morgan fingerprint density at radius 3 is 2.48 bits per heavy atom. The Labute approximate surface area is 147 Å². The number of methoxy groups -OCH3 is 1. The molecule has 5 heteroatoms. The highest BCUT2D eigenvalue weighted by molar-refractivity contribution is 5.99. The van der Waals surface area contributed by atoms with E-state index in [0.717, 1.165) is 16.8 Å². The van der Waals surface area contributed by atoms with Gasteiger partial charge in [0.05, 0.1) is 13.0 Å². The Bertz CT molecular complexity index is 795. The van der Waals surface area contributed by atoms with Crippen molar-refractivity contribution in [3.05, 3.63) is 53.6 Å². The lowest BCUT2D eigenvalue weighted by atomic mass is 10.1. The molecule has 0 unspecified atom stereocenters. The van der Waals surface area contributed by atoms with E-state index >= 15 is 0 Å². The summed E-state index contributed by atoms with van der Waals surface area (Å²) in [6, 6.07) is 13.0. The summed E-state index contributed by atoms with van der Waals surface area (Å²) in [5.74, 6) is 0.331. The fourth-order valence-corrected chi connectivity index (χ4v) is 3.04. The molecule has 5 nitrogen and oxygen atoms in total. The highest BCUT2D eigenvalue weighted by Crippen LogP contribution is 2.30. The minimum Gasteiger partial charge on any atom is -0.497 e. The Hall–Kier alpha value is -2.82. The van der Waals surface area contributed by atoms with Gasteiger partial charge >= 0.3 is 5.97 Å². The highest BCUT2D eigenvalue weighted by atomic mass is 16.5. The van der Waals surface area contributed by atoms with Crippen LogP contribution in [0.15, 0.2) is 42.5 Å². The lowest BCUT2D eigenvalue weighted by Crippen LogP contribution is -2.27. The SMILES string of the molecule is COc1cccc(N2C[C@@H](C(=O)Oc3c(C)cccc3C)CC2=O)c1. The molecule has 1 heterocycles. The largest absolute Gasteiger partial charge is 0.497 e. The van der Waals surface area contributed by atoms with E-state index < -0.39 is 5.92 Å². The number of esters is 1. The molecule has 0 aliphatic carbocycles. The smallest absolute Gasteiger partial charge is 0.316 e. The summed E-state index contributed by atoms with van der Waals surface area (Å²) < 4.78 is 10.8. The van der Waals surface area contributed by atoms with Crippen LogP contribution in [0.25, 0.3) is 0 Å². The molecule has 1 saturated heterocycles. The molecule has 3 rings (SSSR count). The zero-order valence-corrected chi connectivity index (χ0v) is 14.6. The zero-order valence-electron chi connectivity index (χ0n) is 14.6. The van der Waals surface area contributed by atoms with Crippen molar-refractivity contribution >= 4 is 17.6 Å². The Morgan fingerprint density at radius 1 is 1.12 bits per heavy atom. The molecule has 1 aliphatic rings. The summed E-state index contributed by atoms with van der Waals surface area (Å²) in [4.78, 5) is 26.5. The number of aryl methyl sites for hydroxylation is 2. The maximum absolute atomic E-state index is 12.5. The average molecular weight is 339 g/mol. The van der Waals surface area contributed by atoms with Crippen molar-refractivity contribution in [3.8, 4) is 11.5 Å². The number of amides is 1. The molecular weight excluding hydrogens is 318 g/mol. The van der Waals surface area contributed by atoms with Crippen LogP contribution in [-0.4, -0.2) is 25.5 Å². The minimum absolute atomic E-state index is 0.0864. The van der Waals surface area contributed by atoms with E-state index in [4.69, 9.17) is 9.47 Å². The van der Waals surface area contributed by atoms with E-state index in [1.54, 1.807) is 18.1 Å². The normalized spacial score (nSPS) is 16.8. The summed E-state index contributed by atoms with van der Waals surface area (Å²) >= 11 is 0. The number of ether oxygens (including phenoxy) is 2. The fourth-order valence-electron chi connectivity index (χ4n) is 3.04. The van der Waals surface area contributed by atoms with Crippen molar-refractivity contribution in [1.82, 2.24) is 0 Å². The zero-order chi connectivity index (χ0) is 18.0. The first-order chi connectivity index (χ1) is 12.0. The van der Waals surface area contributed by atoms with E-state index in [1.807, 2.05) is 50.2 Å². The molecule has 0 spiro atoms. The number of rotatable bonds is 4. The standard InChI is InChI=1S/C20H21NO4/c1-13-6-4-7-14(2)19(13)25-20(23)15-10-18(22)21(12-15)16-8-5-9-17(11-16)24-3/h4-9,11,15H,10,12H2,1-3H3/t15-/m0/s1. The number of hydrogen-bond donors (Lipinski definition) is 0. The molecule has 130 valence electrons. The van der Waals surface area contributed by atoms with Gasteiger partial charge in [-0.15, -0.1) is 0 Å². The maximum Gasteiger partial charge on any atom is 0.316 e. The monoisotopic (exact) mass is 339 g/mol. The molecule has 0 bridgehead atoms. The van der Waals surface area contributed by atoms with Gasteiger partial charge in [-0.1, -0.05) is 24.3 Å². The summed E-state index contributed by atoms with van der Waals surface area (Å²) in [6.45, 7) is 4.12. The van der Waals surface area contributed by atoms with Crippen LogP contribution in [0.3, 0.4) is 0 Å².